The van der Waals surface area contributed by atoms with Crippen LogP contribution in [0.25, 0.3) is 0 Å². The van der Waals surface area contributed by atoms with Crippen molar-refractivity contribution in [1.82, 2.24) is 10.2 Å². The van der Waals surface area contributed by atoms with Gasteiger partial charge in [-0.15, -0.1) is 0 Å². The second-order valence-corrected chi connectivity index (χ2v) is 4.60. The molecule has 2 aliphatic rings. The predicted octanol–water partition coefficient (Wildman–Crippen LogP) is -0.572. The Bertz CT molecular complexity index is 323. The summed E-state index contributed by atoms with van der Waals surface area (Å²) in [6.45, 7) is -0.0301. The Morgan fingerprint density at radius 3 is 3.00 bits per heavy atom. The summed E-state index contributed by atoms with van der Waals surface area (Å²) >= 11 is 3.09. The smallest absolute Gasteiger partial charge is 0.263 e. The molecule has 0 saturated carbocycles. The van der Waals surface area contributed by atoms with Gasteiger partial charge in [0.2, 0.25) is 6.35 Å². The second kappa shape index (κ2) is 4.70. The van der Waals surface area contributed by atoms with E-state index in [1.165, 1.54) is 11.1 Å². The van der Waals surface area contributed by atoms with Gasteiger partial charge in [-0.2, -0.15) is 0 Å². The van der Waals surface area contributed by atoms with Crippen LogP contribution in [0.5, 0.6) is 0 Å². The molecular formula is C9H13BrN2O4. The van der Waals surface area contributed by atoms with E-state index in [1.807, 2.05) is 0 Å². The second-order valence-electron chi connectivity index (χ2n) is 3.74. The molecule has 0 radical (unpaired) electrons. The number of carbonyl (C=O) groups excluding carboxylic acids is 1. The molecule has 1 amide bonds. The summed E-state index contributed by atoms with van der Waals surface area (Å²) < 4.78 is 5.84. The van der Waals surface area contributed by atoms with Crippen LogP contribution in [0.1, 0.15) is 12.8 Å². The normalized spacial score (nSPS) is 34.9. The van der Waals surface area contributed by atoms with E-state index in [0.717, 1.165) is 6.42 Å². The monoisotopic (exact) mass is 292 g/mol. The number of aliphatic hydroxyl groups is 2. The first-order chi connectivity index (χ1) is 7.61. The van der Waals surface area contributed by atoms with Crippen molar-refractivity contribution < 1.29 is 19.7 Å². The molecule has 3 N–H and O–H groups in total. The summed E-state index contributed by atoms with van der Waals surface area (Å²) in [6, 6.07) is 0. The Morgan fingerprint density at radius 1 is 1.62 bits per heavy atom. The standard InChI is InChI=1S/C9H13BrN2O4/c10-6-3-12(9(15)11-8(6)14)7-2-1-5(4-13)16-7/h3,5,7,9,13,15H,1-2,4H2,(H,11,14)/t5-,7-,9?/m0/s1. The Morgan fingerprint density at radius 2 is 2.38 bits per heavy atom. The summed E-state index contributed by atoms with van der Waals surface area (Å²) in [7, 11) is 0. The molecule has 1 fully saturated rings. The van der Waals surface area contributed by atoms with E-state index in [-0.39, 0.29) is 24.8 Å². The van der Waals surface area contributed by atoms with E-state index in [1.54, 1.807) is 0 Å². The fourth-order valence-corrected chi connectivity index (χ4v) is 2.15. The zero-order chi connectivity index (χ0) is 11.7. The minimum Gasteiger partial charge on any atom is -0.394 e. The molecule has 0 bridgehead atoms. The first-order valence-corrected chi connectivity index (χ1v) is 5.81. The quantitative estimate of drug-likeness (QED) is 0.635. The van der Waals surface area contributed by atoms with Gasteiger partial charge in [0.05, 0.1) is 17.2 Å². The number of rotatable bonds is 2. The number of hydrogen-bond donors (Lipinski definition) is 3. The summed E-state index contributed by atoms with van der Waals surface area (Å²) in [5, 5.41) is 21.0. The number of ether oxygens (including phenoxy) is 1. The van der Waals surface area contributed by atoms with Gasteiger partial charge in [-0.1, -0.05) is 0 Å². The third kappa shape index (κ3) is 2.22. The number of aliphatic hydroxyl groups excluding tert-OH is 2. The highest BCUT2D eigenvalue weighted by Crippen LogP contribution is 2.26. The van der Waals surface area contributed by atoms with Crippen molar-refractivity contribution >= 4 is 21.8 Å². The largest absolute Gasteiger partial charge is 0.394 e. The molecule has 2 aliphatic heterocycles. The topological polar surface area (TPSA) is 82.0 Å². The number of nitrogens with one attached hydrogen (secondary N) is 1. The first kappa shape index (κ1) is 11.8. The van der Waals surface area contributed by atoms with Crippen LogP contribution >= 0.6 is 15.9 Å². The molecule has 3 atom stereocenters. The van der Waals surface area contributed by atoms with Crippen LogP contribution in [0.2, 0.25) is 0 Å². The molecule has 0 aliphatic carbocycles. The molecule has 0 spiro atoms. The Kier molecular flexibility index (Phi) is 3.48. The zero-order valence-corrected chi connectivity index (χ0v) is 10.1. The number of hydrogen-bond acceptors (Lipinski definition) is 5. The van der Waals surface area contributed by atoms with Gasteiger partial charge in [-0.05, 0) is 28.8 Å². The maximum atomic E-state index is 11.2. The molecule has 7 heteroatoms. The van der Waals surface area contributed by atoms with Crippen LogP contribution in [0.4, 0.5) is 0 Å². The van der Waals surface area contributed by atoms with Crippen LogP contribution in [0.3, 0.4) is 0 Å². The van der Waals surface area contributed by atoms with Crippen LogP contribution in [-0.2, 0) is 9.53 Å². The zero-order valence-electron chi connectivity index (χ0n) is 8.47. The van der Waals surface area contributed by atoms with Gasteiger partial charge in [0.15, 0.2) is 0 Å². The first-order valence-electron chi connectivity index (χ1n) is 5.02. The Hall–Kier alpha value is -0.630. The van der Waals surface area contributed by atoms with Gasteiger partial charge in [0.1, 0.15) is 6.23 Å². The molecule has 16 heavy (non-hydrogen) atoms. The van der Waals surface area contributed by atoms with Crippen LogP contribution in [0, 0.1) is 0 Å². The van der Waals surface area contributed by atoms with Crippen molar-refractivity contribution in [1.29, 1.82) is 0 Å². The van der Waals surface area contributed by atoms with Crippen molar-refractivity contribution in [2.45, 2.75) is 31.5 Å². The lowest BCUT2D eigenvalue weighted by atomic mass is 10.2. The Balaban J connectivity index is 2.07. The van der Waals surface area contributed by atoms with Crippen molar-refractivity contribution in [2.24, 2.45) is 0 Å². The Labute approximate surface area is 101 Å². The van der Waals surface area contributed by atoms with Crippen LogP contribution in [-0.4, -0.2) is 46.3 Å². The molecule has 2 heterocycles. The van der Waals surface area contributed by atoms with E-state index >= 15 is 0 Å². The van der Waals surface area contributed by atoms with E-state index in [9.17, 15) is 9.90 Å². The van der Waals surface area contributed by atoms with Gasteiger partial charge in [0.25, 0.3) is 5.91 Å². The number of halogens is 1. The molecule has 90 valence electrons. The van der Waals surface area contributed by atoms with Crippen LogP contribution in [0.15, 0.2) is 10.7 Å². The summed E-state index contributed by atoms with van der Waals surface area (Å²) in [5.41, 5.74) is 0. The lowest BCUT2D eigenvalue weighted by Gasteiger charge is -2.35. The van der Waals surface area contributed by atoms with Crippen molar-refractivity contribution in [3.8, 4) is 0 Å². The van der Waals surface area contributed by atoms with E-state index in [4.69, 9.17) is 9.84 Å². The molecule has 2 rings (SSSR count). The fourth-order valence-electron chi connectivity index (χ4n) is 1.80. The minimum absolute atomic E-state index is 0.0301. The van der Waals surface area contributed by atoms with Crippen LogP contribution < -0.4 is 5.32 Å². The van der Waals surface area contributed by atoms with Gasteiger partial charge in [-0.3, -0.25) is 4.79 Å². The summed E-state index contributed by atoms with van der Waals surface area (Å²) in [4.78, 5) is 12.7. The average molecular weight is 293 g/mol. The summed E-state index contributed by atoms with van der Waals surface area (Å²) in [5.74, 6) is -0.361. The van der Waals surface area contributed by atoms with Crippen molar-refractivity contribution in [3.63, 3.8) is 0 Å². The lowest BCUT2D eigenvalue weighted by molar-refractivity contribution is -0.141. The lowest BCUT2D eigenvalue weighted by Crippen LogP contribution is -2.53. The SMILES string of the molecule is O=C1NC(O)N([C@@H]2CC[C@@H](CO)O2)C=C1Br. The van der Waals surface area contributed by atoms with Gasteiger partial charge < -0.3 is 25.2 Å². The fraction of sp³-hybridized carbons (Fsp3) is 0.667. The van der Waals surface area contributed by atoms with E-state index < -0.39 is 6.35 Å². The molecule has 1 unspecified atom stereocenters. The highest BCUT2D eigenvalue weighted by molar-refractivity contribution is 9.12. The third-order valence-corrected chi connectivity index (χ3v) is 3.21. The molecule has 6 nitrogen and oxygen atoms in total. The van der Waals surface area contributed by atoms with Gasteiger partial charge in [-0.25, -0.2) is 0 Å². The van der Waals surface area contributed by atoms with E-state index in [0.29, 0.717) is 10.9 Å². The van der Waals surface area contributed by atoms with Gasteiger partial charge in [0, 0.05) is 6.20 Å². The maximum absolute atomic E-state index is 11.2. The maximum Gasteiger partial charge on any atom is 0.263 e. The summed E-state index contributed by atoms with van der Waals surface area (Å²) in [6.07, 6.45) is 1.35. The average Bonchev–Trinajstić information content (AvgIpc) is 2.71. The number of nitrogens with zero attached hydrogens (tertiary/aromatic N) is 1. The molecule has 0 aromatic heterocycles. The molecular weight excluding hydrogens is 280 g/mol. The van der Waals surface area contributed by atoms with Crippen molar-refractivity contribution in [3.05, 3.63) is 10.7 Å². The highest BCUT2D eigenvalue weighted by Gasteiger charge is 2.34. The molecule has 1 saturated heterocycles. The third-order valence-electron chi connectivity index (χ3n) is 2.64. The highest BCUT2D eigenvalue weighted by atomic mass is 79.9. The predicted molar refractivity (Wildman–Crippen MR) is 58.0 cm³/mol. The number of carbonyl (C=O) groups is 1. The minimum atomic E-state index is -1.09. The molecule has 0 aromatic rings. The van der Waals surface area contributed by atoms with Gasteiger partial charge >= 0.3 is 0 Å². The molecule has 0 aromatic carbocycles. The van der Waals surface area contributed by atoms with Crippen molar-refractivity contribution in [2.75, 3.05) is 6.61 Å². The number of amides is 1. The van der Waals surface area contributed by atoms with E-state index in [2.05, 4.69) is 21.2 Å².